The molecule has 0 heterocycles. The zero-order valence-corrected chi connectivity index (χ0v) is 14.3. The van der Waals surface area contributed by atoms with Crippen molar-refractivity contribution in [2.45, 2.75) is 78.1 Å². The molecule has 0 radical (unpaired) electrons. The van der Waals surface area contributed by atoms with Gasteiger partial charge in [-0.1, -0.05) is 39.5 Å². The van der Waals surface area contributed by atoms with E-state index in [-0.39, 0.29) is 11.8 Å². The van der Waals surface area contributed by atoms with E-state index in [2.05, 4.69) is 6.92 Å². The van der Waals surface area contributed by atoms with Gasteiger partial charge in [0.2, 0.25) is 0 Å². The van der Waals surface area contributed by atoms with Crippen molar-refractivity contribution in [1.82, 2.24) is 0 Å². The van der Waals surface area contributed by atoms with Crippen LogP contribution in [0.25, 0.3) is 0 Å². The summed E-state index contributed by atoms with van der Waals surface area (Å²) < 4.78 is 5.16. The van der Waals surface area contributed by atoms with Crippen LogP contribution in [0.4, 0.5) is 0 Å². The van der Waals surface area contributed by atoms with Crippen molar-refractivity contribution in [1.29, 1.82) is 0 Å². The van der Waals surface area contributed by atoms with E-state index in [1.165, 1.54) is 38.5 Å². The number of hydrogen-bond donors (Lipinski definition) is 0. The summed E-state index contributed by atoms with van der Waals surface area (Å²) in [5.74, 6) is 1.52. The van der Waals surface area contributed by atoms with Crippen molar-refractivity contribution in [2.75, 3.05) is 6.61 Å². The Kier molecular flexibility index (Phi) is 6.91. The fourth-order valence-electron chi connectivity index (χ4n) is 4.36. The fourth-order valence-corrected chi connectivity index (χ4v) is 4.36. The molecule has 0 N–H and O–H groups in total. The molecule has 126 valence electrons. The van der Waals surface area contributed by atoms with Gasteiger partial charge >= 0.3 is 5.97 Å². The quantitative estimate of drug-likeness (QED) is 0.535. The molecule has 3 heteroatoms. The van der Waals surface area contributed by atoms with Crippen LogP contribution >= 0.6 is 0 Å². The maximum atomic E-state index is 12.3. The molecule has 0 amide bonds. The molecular formula is C19H32O3. The third-order valence-electron chi connectivity index (χ3n) is 5.67. The summed E-state index contributed by atoms with van der Waals surface area (Å²) >= 11 is 0. The van der Waals surface area contributed by atoms with Crippen LogP contribution in [0.2, 0.25) is 0 Å². The van der Waals surface area contributed by atoms with Crippen LogP contribution in [0.15, 0.2) is 0 Å². The molecule has 2 aliphatic rings. The van der Waals surface area contributed by atoms with Crippen molar-refractivity contribution in [2.24, 2.45) is 23.7 Å². The third-order valence-corrected chi connectivity index (χ3v) is 5.67. The molecule has 0 aliphatic heterocycles. The van der Waals surface area contributed by atoms with Crippen molar-refractivity contribution < 1.29 is 14.3 Å². The highest BCUT2D eigenvalue weighted by atomic mass is 16.5. The lowest BCUT2D eigenvalue weighted by atomic mass is 9.68. The van der Waals surface area contributed by atoms with Gasteiger partial charge in [-0.2, -0.15) is 0 Å². The lowest BCUT2D eigenvalue weighted by Crippen LogP contribution is -2.35. The molecule has 2 unspecified atom stereocenters. The van der Waals surface area contributed by atoms with Crippen LogP contribution < -0.4 is 0 Å². The first-order chi connectivity index (χ1) is 10.7. The molecule has 2 atom stereocenters. The van der Waals surface area contributed by atoms with Crippen molar-refractivity contribution in [3.05, 3.63) is 0 Å². The Labute approximate surface area is 135 Å². The minimum Gasteiger partial charge on any atom is -0.465 e. The van der Waals surface area contributed by atoms with Gasteiger partial charge in [0.15, 0.2) is 0 Å². The lowest BCUT2D eigenvalue weighted by molar-refractivity contribution is -0.154. The van der Waals surface area contributed by atoms with Gasteiger partial charge in [-0.15, -0.1) is 0 Å². The van der Waals surface area contributed by atoms with Crippen molar-refractivity contribution >= 4 is 11.8 Å². The molecule has 3 nitrogen and oxygen atoms in total. The number of hydrogen-bond acceptors (Lipinski definition) is 3. The second-order valence-electron chi connectivity index (χ2n) is 7.30. The Morgan fingerprint density at radius 2 is 1.68 bits per heavy atom. The first kappa shape index (κ1) is 17.5. The number of carbonyl (C=O) groups excluding carboxylic acids is 2. The highest BCUT2D eigenvalue weighted by Gasteiger charge is 2.38. The van der Waals surface area contributed by atoms with Gasteiger partial charge in [-0.3, -0.25) is 9.59 Å². The number of rotatable bonds is 6. The lowest BCUT2D eigenvalue weighted by Gasteiger charge is -2.36. The van der Waals surface area contributed by atoms with Gasteiger partial charge in [0.25, 0.3) is 0 Å². The van der Waals surface area contributed by atoms with Crippen molar-refractivity contribution in [3.63, 3.8) is 0 Å². The van der Waals surface area contributed by atoms with Crippen LogP contribution in [-0.4, -0.2) is 18.4 Å². The molecule has 22 heavy (non-hydrogen) atoms. The minimum absolute atomic E-state index is 0.132. The van der Waals surface area contributed by atoms with Crippen molar-refractivity contribution in [3.8, 4) is 0 Å². The van der Waals surface area contributed by atoms with E-state index < -0.39 is 5.92 Å². The third kappa shape index (κ3) is 4.57. The monoisotopic (exact) mass is 308 g/mol. The molecule has 2 fully saturated rings. The van der Waals surface area contributed by atoms with E-state index >= 15 is 0 Å². The van der Waals surface area contributed by atoms with Gasteiger partial charge in [0.1, 0.15) is 11.7 Å². The SMILES string of the molecule is CCCOC(=O)C1CCC([C@H]2CC[C@H](CCC)CC2)CC1=O. The molecule has 2 rings (SSSR count). The average Bonchev–Trinajstić information content (AvgIpc) is 2.53. The first-order valence-electron chi connectivity index (χ1n) is 9.35. The van der Waals surface area contributed by atoms with Crippen LogP contribution in [0, 0.1) is 23.7 Å². The average molecular weight is 308 g/mol. The van der Waals surface area contributed by atoms with Gasteiger partial charge < -0.3 is 4.74 Å². The maximum absolute atomic E-state index is 12.3. The predicted molar refractivity (Wildman–Crippen MR) is 87.4 cm³/mol. The summed E-state index contributed by atoms with van der Waals surface area (Å²) in [6.45, 7) is 4.68. The zero-order chi connectivity index (χ0) is 15.9. The summed E-state index contributed by atoms with van der Waals surface area (Å²) in [4.78, 5) is 24.2. The van der Waals surface area contributed by atoms with E-state index in [9.17, 15) is 9.59 Å². The van der Waals surface area contributed by atoms with E-state index in [1.807, 2.05) is 6.92 Å². The second kappa shape index (κ2) is 8.69. The summed E-state index contributed by atoms with van der Waals surface area (Å²) in [6, 6.07) is 0. The number of ether oxygens (including phenoxy) is 1. The predicted octanol–water partition coefficient (Wildman–Crippen LogP) is 4.53. The standard InChI is InChI=1S/C19H32O3/c1-3-5-14-6-8-15(9-7-14)16-10-11-17(18(20)13-16)19(21)22-12-4-2/h14-17H,3-13H2,1-2H3/t14-,15-,16?,17?. The molecule has 0 saturated heterocycles. The van der Waals surface area contributed by atoms with E-state index in [0.717, 1.165) is 18.8 Å². The molecule has 0 aromatic carbocycles. The van der Waals surface area contributed by atoms with Crippen LogP contribution in [-0.2, 0) is 14.3 Å². The first-order valence-corrected chi connectivity index (χ1v) is 9.35. The number of carbonyl (C=O) groups is 2. The Hall–Kier alpha value is -0.860. The van der Waals surface area contributed by atoms with E-state index in [1.54, 1.807) is 0 Å². The molecule has 0 aromatic heterocycles. The largest absolute Gasteiger partial charge is 0.465 e. The van der Waals surface area contributed by atoms with Crippen LogP contribution in [0.1, 0.15) is 78.1 Å². The summed E-state index contributed by atoms with van der Waals surface area (Å²) in [5, 5.41) is 0. The van der Waals surface area contributed by atoms with Crippen LogP contribution in [0.3, 0.4) is 0 Å². The highest BCUT2D eigenvalue weighted by molar-refractivity contribution is 5.99. The molecular weight excluding hydrogens is 276 g/mol. The van der Waals surface area contributed by atoms with Crippen LogP contribution in [0.5, 0.6) is 0 Å². The Morgan fingerprint density at radius 1 is 1.00 bits per heavy atom. The Bertz CT molecular complexity index is 369. The minimum atomic E-state index is -0.473. The number of Topliss-reactive ketones (excluding diaryl/α,β-unsaturated/α-hetero) is 1. The second-order valence-corrected chi connectivity index (χ2v) is 7.30. The summed E-state index contributed by atoms with van der Waals surface area (Å²) in [5.41, 5.74) is 0. The molecule has 0 spiro atoms. The highest BCUT2D eigenvalue weighted by Crippen LogP contribution is 2.41. The van der Waals surface area contributed by atoms with Gasteiger partial charge in [0, 0.05) is 6.42 Å². The maximum Gasteiger partial charge on any atom is 0.316 e. The van der Waals surface area contributed by atoms with Gasteiger partial charge in [-0.25, -0.2) is 0 Å². The molecule has 0 aromatic rings. The van der Waals surface area contributed by atoms with Gasteiger partial charge in [-0.05, 0) is 49.9 Å². The van der Waals surface area contributed by atoms with E-state index in [4.69, 9.17) is 4.74 Å². The summed E-state index contributed by atoms with van der Waals surface area (Å²) in [7, 11) is 0. The normalized spacial score (nSPS) is 32.7. The fraction of sp³-hybridized carbons (Fsp3) is 0.895. The Balaban J connectivity index is 1.78. The van der Waals surface area contributed by atoms with Gasteiger partial charge in [0.05, 0.1) is 6.61 Å². The molecule has 0 bridgehead atoms. The Morgan fingerprint density at radius 3 is 2.27 bits per heavy atom. The molecule has 2 aliphatic carbocycles. The van der Waals surface area contributed by atoms with E-state index in [0.29, 0.717) is 31.3 Å². The molecule has 2 saturated carbocycles. The summed E-state index contributed by atoms with van der Waals surface area (Å²) in [6.07, 6.45) is 11.1. The number of esters is 1. The number of ketones is 1. The smallest absolute Gasteiger partial charge is 0.316 e. The zero-order valence-electron chi connectivity index (χ0n) is 14.3. The topological polar surface area (TPSA) is 43.4 Å².